The Labute approximate surface area is 106 Å². The van der Waals surface area contributed by atoms with E-state index in [2.05, 4.69) is 10.3 Å². The van der Waals surface area contributed by atoms with Crippen molar-refractivity contribution in [2.24, 2.45) is 0 Å². The Bertz CT molecular complexity index is 575. The predicted molar refractivity (Wildman–Crippen MR) is 69.1 cm³/mol. The minimum Gasteiger partial charge on any atom is -0.490 e. The summed E-state index contributed by atoms with van der Waals surface area (Å²) in [7, 11) is 0. The van der Waals surface area contributed by atoms with Crippen LogP contribution < -0.4 is 10.1 Å². The van der Waals surface area contributed by atoms with Crippen LogP contribution in [0.2, 0.25) is 0 Å². The second-order valence-corrected chi connectivity index (χ2v) is 3.90. The zero-order valence-electron chi connectivity index (χ0n) is 10.9. The average molecular weight is 247 g/mol. The highest BCUT2D eigenvalue weighted by Crippen LogP contribution is 2.21. The number of carbonyl (C=O) groups excluding carboxylic acids is 1. The van der Waals surface area contributed by atoms with Gasteiger partial charge in [-0.15, -0.1) is 0 Å². The zero-order valence-corrected chi connectivity index (χ0v) is 10.9. The van der Waals surface area contributed by atoms with Crippen LogP contribution in [0.3, 0.4) is 0 Å². The number of pyridine rings is 1. The molecule has 5 nitrogen and oxygen atoms in total. The monoisotopic (exact) mass is 247 g/mol. The summed E-state index contributed by atoms with van der Waals surface area (Å²) in [6, 6.07) is 3.70. The van der Waals surface area contributed by atoms with E-state index in [1.165, 1.54) is 0 Å². The predicted octanol–water partition coefficient (Wildman–Crippen LogP) is 1.79. The van der Waals surface area contributed by atoms with Crippen molar-refractivity contribution in [3.63, 3.8) is 0 Å². The maximum atomic E-state index is 12.0. The van der Waals surface area contributed by atoms with E-state index in [1.54, 1.807) is 4.40 Å². The topological polar surface area (TPSA) is 55.6 Å². The quantitative estimate of drug-likeness (QED) is 0.896. The van der Waals surface area contributed by atoms with Gasteiger partial charge in [0.1, 0.15) is 5.69 Å². The number of rotatable bonds is 4. The number of ether oxygens (including phenoxy) is 1. The third-order valence-electron chi connectivity index (χ3n) is 2.64. The molecule has 0 fully saturated rings. The fraction of sp³-hybridized carbons (Fsp3) is 0.385. The van der Waals surface area contributed by atoms with Gasteiger partial charge in [0, 0.05) is 12.7 Å². The Kier molecular flexibility index (Phi) is 3.50. The third-order valence-corrected chi connectivity index (χ3v) is 2.64. The summed E-state index contributed by atoms with van der Waals surface area (Å²) in [6.45, 7) is 6.80. The van der Waals surface area contributed by atoms with Gasteiger partial charge in [-0.05, 0) is 32.9 Å². The highest BCUT2D eigenvalue weighted by Gasteiger charge is 2.17. The summed E-state index contributed by atoms with van der Waals surface area (Å²) < 4.78 is 7.28. The van der Waals surface area contributed by atoms with Gasteiger partial charge in [0.05, 0.1) is 12.3 Å². The van der Waals surface area contributed by atoms with Crippen LogP contribution in [0.15, 0.2) is 18.3 Å². The molecule has 0 aliphatic rings. The van der Waals surface area contributed by atoms with Gasteiger partial charge in [-0.2, -0.15) is 0 Å². The first-order valence-electron chi connectivity index (χ1n) is 6.07. The summed E-state index contributed by atoms with van der Waals surface area (Å²) in [4.78, 5) is 16.4. The molecule has 2 heterocycles. The Hall–Kier alpha value is -2.04. The molecule has 0 spiro atoms. The van der Waals surface area contributed by atoms with Crippen molar-refractivity contribution in [2.75, 3.05) is 13.2 Å². The van der Waals surface area contributed by atoms with Crippen molar-refractivity contribution in [3.8, 4) is 5.75 Å². The minimum absolute atomic E-state index is 0.115. The maximum absolute atomic E-state index is 12.0. The fourth-order valence-corrected chi connectivity index (χ4v) is 1.94. The van der Waals surface area contributed by atoms with Gasteiger partial charge < -0.3 is 10.1 Å². The van der Waals surface area contributed by atoms with Crippen molar-refractivity contribution in [3.05, 3.63) is 29.7 Å². The van der Waals surface area contributed by atoms with Crippen LogP contribution in [-0.2, 0) is 0 Å². The van der Waals surface area contributed by atoms with E-state index in [0.717, 1.165) is 0 Å². The van der Waals surface area contributed by atoms with Crippen LogP contribution in [0.5, 0.6) is 5.75 Å². The molecule has 96 valence electrons. The molecule has 0 saturated heterocycles. The molecule has 2 aromatic rings. The van der Waals surface area contributed by atoms with Gasteiger partial charge in [-0.25, -0.2) is 4.98 Å². The summed E-state index contributed by atoms with van der Waals surface area (Å²) in [5.41, 5.74) is 1.94. The number of hydrogen-bond acceptors (Lipinski definition) is 3. The summed E-state index contributed by atoms with van der Waals surface area (Å²) in [5, 5.41) is 2.79. The van der Waals surface area contributed by atoms with Crippen LogP contribution in [0.4, 0.5) is 0 Å². The molecule has 0 bridgehead atoms. The van der Waals surface area contributed by atoms with Crippen molar-refractivity contribution in [1.29, 1.82) is 0 Å². The SMILES string of the molecule is CCNC(=O)c1c(C)nc2c(OCC)cccn12. The van der Waals surface area contributed by atoms with E-state index in [4.69, 9.17) is 4.74 Å². The number of imidazole rings is 1. The number of nitrogens with zero attached hydrogens (tertiary/aromatic N) is 2. The summed E-state index contributed by atoms with van der Waals surface area (Å²) in [5.74, 6) is 0.579. The first-order valence-corrected chi connectivity index (χ1v) is 6.07. The molecule has 18 heavy (non-hydrogen) atoms. The van der Waals surface area contributed by atoms with Crippen molar-refractivity contribution < 1.29 is 9.53 Å². The summed E-state index contributed by atoms with van der Waals surface area (Å²) in [6.07, 6.45) is 1.82. The van der Waals surface area contributed by atoms with Crippen molar-refractivity contribution in [2.45, 2.75) is 20.8 Å². The molecule has 0 atom stereocenters. The molecule has 1 amide bonds. The highest BCUT2D eigenvalue weighted by atomic mass is 16.5. The number of carbonyl (C=O) groups is 1. The number of hydrogen-bond donors (Lipinski definition) is 1. The molecular weight excluding hydrogens is 230 g/mol. The third kappa shape index (κ3) is 2.03. The lowest BCUT2D eigenvalue weighted by Gasteiger charge is -2.06. The molecule has 0 aromatic carbocycles. The van der Waals surface area contributed by atoms with Crippen LogP contribution in [-0.4, -0.2) is 28.4 Å². The Morgan fingerprint density at radius 3 is 2.94 bits per heavy atom. The maximum Gasteiger partial charge on any atom is 0.270 e. The normalized spacial score (nSPS) is 10.6. The largest absolute Gasteiger partial charge is 0.490 e. The van der Waals surface area contributed by atoms with Crippen LogP contribution >= 0.6 is 0 Å². The lowest BCUT2D eigenvalue weighted by molar-refractivity contribution is 0.0949. The lowest BCUT2D eigenvalue weighted by Crippen LogP contribution is -2.24. The highest BCUT2D eigenvalue weighted by molar-refractivity contribution is 5.94. The van der Waals surface area contributed by atoms with Crippen LogP contribution in [0.1, 0.15) is 30.0 Å². The second-order valence-electron chi connectivity index (χ2n) is 3.90. The van der Waals surface area contributed by atoms with E-state index in [0.29, 0.717) is 35.9 Å². The van der Waals surface area contributed by atoms with E-state index < -0.39 is 0 Å². The molecule has 0 aliphatic carbocycles. The molecular formula is C13H17N3O2. The van der Waals surface area contributed by atoms with Crippen molar-refractivity contribution >= 4 is 11.6 Å². The number of aromatic nitrogens is 2. The number of aryl methyl sites for hydroxylation is 1. The molecule has 1 N–H and O–H groups in total. The van der Waals surface area contributed by atoms with E-state index in [9.17, 15) is 4.79 Å². The summed E-state index contributed by atoms with van der Waals surface area (Å²) >= 11 is 0. The average Bonchev–Trinajstić information content (AvgIpc) is 2.67. The number of nitrogens with one attached hydrogen (secondary N) is 1. The molecule has 2 rings (SSSR count). The Balaban J connectivity index is 2.58. The van der Waals surface area contributed by atoms with Gasteiger partial charge in [0.25, 0.3) is 5.91 Å². The fourth-order valence-electron chi connectivity index (χ4n) is 1.94. The molecule has 0 radical (unpaired) electrons. The lowest BCUT2D eigenvalue weighted by atomic mass is 10.3. The van der Waals surface area contributed by atoms with E-state index >= 15 is 0 Å². The van der Waals surface area contributed by atoms with Gasteiger partial charge in [0.2, 0.25) is 0 Å². The smallest absolute Gasteiger partial charge is 0.270 e. The molecule has 0 unspecified atom stereocenters. The van der Waals surface area contributed by atoms with Gasteiger partial charge in [-0.3, -0.25) is 9.20 Å². The first-order chi connectivity index (χ1) is 8.69. The minimum atomic E-state index is -0.115. The Morgan fingerprint density at radius 1 is 1.50 bits per heavy atom. The first kappa shape index (κ1) is 12.4. The molecule has 5 heteroatoms. The van der Waals surface area contributed by atoms with Gasteiger partial charge in [0.15, 0.2) is 11.4 Å². The zero-order chi connectivity index (χ0) is 13.1. The van der Waals surface area contributed by atoms with Crippen LogP contribution in [0.25, 0.3) is 5.65 Å². The molecule has 2 aromatic heterocycles. The standard InChI is InChI=1S/C13H17N3O2/c1-4-14-13(17)11-9(3)15-12-10(18-5-2)7-6-8-16(11)12/h6-8H,4-5H2,1-3H3,(H,14,17). The second kappa shape index (κ2) is 5.08. The van der Waals surface area contributed by atoms with Crippen molar-refractivity contribution in [1.82, 2.24) is 14.7 Å². The molecule has 0 saturated carbocycles. The van der Waals surface area contributed by atoms with E-state index in [1.807, 2.05) is 39.1 Å². The van der Waals surface area contributed by atoms with Gasteiger partial charge in [-0.1, -0.05) is 0 Å². The number of fused-ring (bicyclic) bond motifs is 1. The molecule has 0 aliphatic heterocycles. The Morgan fingerprint density at radius 2 is 2.28 bits per heavy atom. The van der Waals surface area contributed by atoms with Crippen LogP contribution in [0, 0.1) is 6.92 Å². The van der Waals surface area contributed by atoms with Gasteiger partial charge >= 0.3 is 0 Å². The van der Waals surface area contributed by atoms with E-state index in [-0.39, 0.29) is 5.91 Å². The number of amides is 1.